The summed E-state index contributed by atoms with van der Waals surface area (Å²) in [5.74, 6) is -0.497. The maximum absolute atomic E-state index is 11.3. The van der Waals surface area contributed by atoms with Crippen LogP contribution < -0.4 is 11.1 Å². The third kappa shape index (κ3) is 3.37. The number of carboxylic acid groups (broad SMARTS) is 1. The second-order valence-electron chi connectivity index (χ2n) is 4.76. The van der Waals surface area contributed by atoms with Crippen molar-refractivity contribution in [1.29, 1.82) is 0 Å². The summed E-state index contributed by atoms with van der Waals surface area (Å²) in [6.07, 6.45) is 0.655. The van der Waals surface area contributed by atoms with Gasteiger partial charge in [-0.15, -0.1) is 0 Å². The molecule has 0 spiro atoms. The summed E-state index contributed by atoms with van der Waals surface area (Å²) in [5, 5.41) is 11.9. The van der Waals surface area contributed by atoms with Gasteiger partial charge in [-0.3, -0.25) is 0 Å². The van der Waals surface area contributed by atoms with E-state index < -0.39 is 15.8 Å². The van der Waals surface area contributed by atoms with Crippen molar-refractivity contribution in [1.82, 2.24) is 0 Å². The highest BCUT2D eigenvalue weighted by Gasteiger charge is 2.27. The number of carboxylic acids is 1. The van der Waals surface area contributed by atoms with E-state index in [0.29, 0.717) is 24.3 Å². The van der Waals surface area contributed by atoms with Crippen LogP contribution in [0.4, 0.5) is 11.4 Å². The molecule has 0 bridgehead atoms. The molecule has 1 aromatic carbocycles. The van der Waals surface area contributed by atoms with Gasteiger partial charge in [0.25, 0.3) is 0 Å². The molecule has 0 aromatic heterocycles. The molecule has 0 saturated carbocycles. The Kier molecular flexibility index (Phi) is 3.66. The third-order valence-electron chi connectivity index (χ3n) is 3.21. The van der Waals surface area contributed by atoms with Gasteiger partial charge in [0.1, 0.15) is 0 Å². The van der Waals surface area contributed by atoms with Crippen molar-refractivity contribution in [2.24, 2.45) is 5.92 Å². The Morgan fingerprint density at radius 3 is 2.74 bits per heavy atom. The summed E-state index contributed by atoms with van der Waals surface area (Å²) < 4.78 is 22.6. The number of nitrogens with two attached hydrogens (primary N) is 1. The van der Waals surface area contributed by atoms with Gasteiger partial charge in [0.15, 0.2) is 9.84 Å². The van der Waals surface area contributed by atoms with Gasteiger partial charge in [0.2, 0.25) is 0 Å². The fourth-order valence-electron chi connectivity index (χ4n) is 2.14. The van der Waals surface area contributed by atoms with E-state index in [0.717, 1.165) is 0 Å². The minimum atomic E-state index is -2.88. The molecule has 0 aliphatic carbocycles. The molecule has 1 heterocycles. The van der Waals surface area contributed by atoms with E-state index in [2.05, 4.69) is 5.32 Å². The van der Waals surface area contributed by atoms with Crippen LogP contribution in [0.3, 0.4) is 0 Å². The molecule has 7 heteroatoms. The lowest BCUT2D eigenvalue weighted by Crippen LogP contribution is -2.16. The maximum atomic E-state index is 11.3. The highest BCUT2D eigenvalue weighted by Crippen LogP contribution is 2.23. The molecule has 1 unspecified atom stereocenters. The quantitative estimate of drug-likeness (QED) is 0.706. The molecule has 1 aromatic rings. The average Bonchev–Trinajstić information content (AvgIpc) is 2.67. The molecule has 4 N–H and O–H groups in total. The maximum Gasteiger partial charge on any atom is 0.335 e. The van der Waals surface area contributed by atoms with Crippen LogP contribution in [0.15, 0.2) is 18.2 Å². The summed E-state index contributed by atoms with van der Waals surface area (Å²) >= 11 is 0. The first-order chi connectivity index (χ1) is 8.87. The molecule has 0 radical (unpaired) electrons. The van der Waals surface area contributed by atoms with E-state index in [-0.39, 0.29) is 23.0 Å². The minimum absolute atomic E-state index is 0.0866. The van der Waals surface area contributed by atoms with Crippen LogP contribution in [0.5, 0.6) is 0 Å². The first-order valence-electron chi connectivity index (χ1n) is 5.94. The van der Waals surface area contributed by atoms with Crippen molar-refractivity contribution >= 4 is 27.2 Å². The number of benzene rings is 1. The highest BCUT2D eigenvalue weighted by atomic mass is 32.2. The zero-order valence-corrected chi connectivity index (χ0v) is 11.1. The van der Waals surface area contributed by atoms with Crippen molar-refractivity contribution in [3.05, 3.63) is 23.8 Å². The minimum Gasteiger partial charge on any atom is -0.478 e. The van der Waals surface area contributed by atoms with Crippen molar-refractivity contribution in [2.75, 3.05) is 29.1 Å². The summed E-state index contributed by atoms with van der Waals surface area (Å²) in [4.78, 5) is 10.8. The molecule has 19 heavy (non-hydrogen) atoms. The van der Waals surface area contributed by atoms with Gasteiger partial charge in [0.05, 0.1) is 28.4 Å². The van der Waals surface area contributed by atoms with E-state index >= 15 is 0 Å². The van der Waals surface area contributed by atoms with Gasteiger partial charge in [-0.05, 0) is 30.5 Å². The SMILES string of the molecule is Nc1cc(C(=O)O)ccc1NCC1CCS(=O)(=O)C1. The first-order valence-corrected chi connectivity index (χ1v) is 7.76. The topological polar surface area (TPSA) is 109 Å². The number of sulfone groups is 1. The Hall–Kier alpha value is -1.76. The molecule has 6 nitrogen and oxygen atoms in total. The standard InChI is InChI=1S/C12H16N2O4S/c13-10-5-9(12(15)16)1-2-11(10)14-6-8-3-4-19(17,18)7-8/h1-2,5,8,14H,3-4,6-7,13H2,(H,15,16). The van der Waals surface area contributed by atoms with Crippen LogP contribution in [-0.2, 0) is 9.84 Å². The van der Waals surface area contributed by atoms with Crippen LogP contribution in [0, 0.1) is 5.92 Å². The number of nitrogen functional groups attached to an aromatic ring is 1. The molecule has 0 amide bonds. The molecule has 1 atom stereocenters. The zero-order chi connectivity index (χ0) is 14.0. The Labute approximate surface area is 111 Å². The van der Waals surface area contributed by atoms with E-state index in [4.69, 9.17) is 10.8 Å². The Morgan fingerprint density at radius 1 is 1.47 bits per heavy atom. The van der Waals surface area contributed by atoms with E-state index in [1.807, 2.05) is 0 Å². The number of hydrogen-bond acceptors (Lipinski definition) is 5. The summed E-state index contributed by atoms with van der Waals surface area (Å²) in [6, 6.07) is 4.45. The van der Waals surface area contributed by atoms with Crippen molar-refractivity contribution < 1.29 is 18.3 Å². The van der Waals surface area contributed by atoms with Crippen LogP contribution in [-0.4, -0.2) is 37.5 Å². The van der Waals surface area contributed by atoms with Crippen molar-refractivity contribution in [3.8, 4) is 0 Å². The number of aromatic carboxylic acids is 1. The Balaban J connectivity index is 1.99. The molecule has 104 valence electrons. The van der Waals surface area contributed by atoms with Crippen LogP contribution in [0.25, 0.3) is 0 Å². The van der Waals surface area contributed by atoms with Gasteiger partial charge in [0, 0.05) is 6.54 Å². The summed E-state index contributed by atoms with van der Waals surface area (Å²) in [5.41, 5.74) is 6.87. The second-order valence-corrected chi connectivity index (χ2v) is 6.99. The predicted octanol–water partition coefficient (Wildman–Crippen LogP) is 0.814. The smallest absolute Gasteiger partial charge is 0.335 e. The van der Waals surface area contributed by atoms with Gasteiger partial charge < -0.3 is 16.2 Å². The van der Waals surface area contributed by atoms with Gasteiger partial charge in [-0.25, -0.2) is 13.2 Å². The number of carbonyl (C=O) groups is 1. The number of rotatable bonds is 4. The van der Waals surface area contributed by atoms with E-state index in [1.165, 1.54) is 12.1 Å². The lowest BCUT2D eigenvalue weighted by Gasteiger charge is -2.13. The summed E-state index contributed by atoms with van der Waals surface area (Å²) in [6.45, 7) is 0.524. The third-order valence-corrected chi connectivity index (χ3v) is 5.04. The first kappa shape index (κ1) is 13.7. The average molecular weight is 284 g/mol. The Morgan fingerprint density at radius 2 is 2.21 bits per heavy atom. The largest absolute Gasteiger partial charge is 0.478 e. The molecule has 1 aliphatic rings. The number of nitrogens with one attached hydrogen (secondary N) is 1. The normalized spacial score (nSPS) is 21.2. The summed E-state index contributed by atoms with van der Waals surface area (Å²) in [7, 11) is -2.88. The molecule has 1 saturated heterocycles. The lowest BCUT2D eigenvalue weighted by atomic mass is 10.1. The van der Waals surface area contributed by atoms with Crippen LogP contribution in [0.2, 0.25) is 0 Å². The predicted molar refractivity (Wildman–Crippen MR) is 73.1 cm³/mol. The number of hydrogen-bond donors (Lipinski definition) is 3. The monoisotopic (exact) mass is 284 g/mol. The second kappa shape index (κ2) is 5.08. The molecule has 1 fully saturated rings. The van der Waals surface area contributed by atoms with Gasteiger partial charge in [-0.2, -0.15) is 0 Å². The lowest BCUT2D eigenvalue weighted by molar-refractivity contribution is 0.0697. The van der Waals surface area contributed by atoms with Crippen molar-refractivity contribution in [2.45, 2.75) is 6.42 Å². The fraction of sp³-hybridized carbons (Fsp3) is 0.417. The molecule has 2 rings (SSSR count). The van der Waals surface area contributed by atoms with Crippen LogP contribution >= 0.6 is 0 Å². The van der Waals surface area contributed by atoms with Crippen molar-refractivity contribution in [3.63, 3.8) is 0 Å². The van der Waals surface area contributed by atoms with E-state index in [1.54, 1.807) is 6.07 Å². The molecular weight excluding hydrogens is 268 g/mol. The Bertz CT molecular complexity index is 598. The van der Waals surface area contributed by atoms with Gasteiger partial charge >= 0.3 is 5.97 Å². The molecular formula is C12H16N2O4S. The highest BCUT2D eigenvalue weighted by molar-refractivity contribution is 7.91. The van der Waals surface area contributed by atoms with Crippen LogP contribution in [0.1, 0.15) is 16.8 Å². The molecule has 1 aliphatic heterocycles. The van der Waals surface area contributed by atoms with Gasteiger partial charge in [-0.1, -0.05) is 0 Å². The zero-order valence-electron chi connectivity index (χ0n) is 10.3. The fourth-order valence-corrected chi connectivity index (χ4v) is 4.01. The number of anilines is 2. The van der Waals surface area contributed by atoms with E-state index in [9.17, 15) is 13.2 Å².